The van der Waals surface area contributed by atoms with Crippen LogP contribution in [0, 0.1) is 5.82 Å². The number of aromatic amines is 1. The van der Waals surface area contributed by atoms with E-state index in [0.717, 1.165) is 26.8 Å². The molecule has 2 saturated heterocycles. The third kappa shape index (κ3) is 5.14. The first kappa shape index (κ1) is 27.9. The molecule has 0 saturated carbocycles. The third-order valence-electron chi connectivity index (χ3n) is 8.17. The van der Waals surface area contributed by atoms with Gasteiger partial charge in [-0.3, -0.25) is 19.5 Å². The van der Waals surface area contributed by atoms with Gasteiger partial charge in [-0.2, -0.15) is 5.10 Å². The number of piperidine rings is 1. The number of H-pyrrole nitrogens is 1. The van der Waals surface area contributed by atoms with Crippen molar-refractivity contribution in [1.82, 2.24) is 20.0 Å². The van der Waals surface area contributed by atoms with E-state index >= 15 is 0 Å². The molecule has 0 spiro atoms. The molecule has 8 nitrogen and oxygen atoms in total. The first-order valence-electron chi connectivity index (χ1n) is 13.1. The lowest BCUT2D eigenvalue weighted by Gasteiger charge is -2.42. The molecule has 2 aliphatic heterocycles. The second kappa shape index (κ2) is 11.1. The number of amides is 3. The molecule has 3 heterocycles. The van der Waals surface area contributed by atoms with Gasteiger partial charge in [-0.25, -0.2) is 13.2 Å². The first-order chi connectivity index (χ1) is 19.1. The average Bonchev–Trinajstić information content (AvgIpc) is 3.63. The number of alkyl halides is 2. The predicted molar refractivity (Wildman–Crippen MR) is 144 cm³/mol. The van der Waals surface area contributed by atoms with Gasteiger partial charge in [0.05, 0.1) is 22.8 Å². The summed E-state index contributed by atoms with van der Waals surface area (Å²) in [6.07, 6.45) is 0.896. The van der Waals surface area contributed by atoms with Gasteiger partial charge >= 0.3 is 0 Å². The van der Waals surface area contributed by atoms with Crippen LogP contribution in [-0.4, -0.2) is 76.9 Å². The minimum Gasteiger partial charge on any atom is -0.339 e. The molecule has 0 bridgehead atoms. The van der Waals surface area contributed by atoms with E-state index in [0.29, 0.717) is 49.9 Å². The van der Waals surface area contributed by atoms with Crippen molar-refractivity contribution >= 4 is 46.4 Å². The summed E-state index contributed by atoms with van der Waals surface area (Å²) in [5.74, 6) is -1.43. The van der Waals surface area contributed by atoms with E-state index < -0.39 is 36.2 Å². The van der Waals surface area contributed by atoms with Crippen LogP contribution in [0.4, 0.5) is 18.9 Å². The Kier molecular flexibility index (Phi) is 7.76. The average molecular weight is 576 g/mol. The van der Waals surface area contributed by atoms with Gasteiger partial charge in [0.2, 0.25) is 12.3 Å². The van der Waals surface area contributed by atoms with Crippen molar-refractivity contribution in [2.75, 3.05) is 31.1 Å². The zero-order valence-corrected chi connectivity index (χ0v) is 22.6. The smallest absolute Gasteiger partial charge is 0.258 e. The molecule has 1 N–H and O–H groups in total. The van der Waals surface area contributed by atoms with Gasteiger partial charge in [-0.05, 0) is 61.4 Å². The van der Waals surface area contributed by atoms with Crippen LogP contribution in [-0.2, 0) is 15.0 Å². The Morgan fingerprint density at radius 2 is 1.98 bits per heavy atom. The quantitative estimate of drug-likeness (QED) is 0.411. The first-order valence-corrected chi connectivity index (χ1v) is 13.5. The molecule has 0 radical (unpaired) electrons. The third-order valence-corrected chi connectivity index (χ3v) is 8.54. The van der Waals surface area contributed by atoms with Crippen LogP contribution < -0.4 is 4.90 Å². The largest absolute Gasteiger partial charge is 0.339 e. The molecule has 2 aromatic carbocycles. The van der Waals surface area contributed by atoms with Gasteiger partial charge in [0.15, 0.2) is 0 Å². The summed E-state index contributed by atoms with van der Waals surface area (Å²) in [5, 5.41) is 7.49. The van der Waals surface area contributed by atoms with E-state index in [1.165, 1.54) is 6.07 Å². The Morgan fingerprint density at radius 3 is 2.67 bits per heavy atom. The number of nitrogens with one attached hydrogen (secondary N) is 1. The Balaban J connectivity index is 1.37. The van der Waals surface area contributed by atoms with Gasteiger partial charge in [0, 0.05) is 41.8 Å². The lowest BCUT2D eigenvalue weighted by molar-refractivity contribution is -0.134. The molecule has 40 heavy (non-hydrogen) atoms. The molecule has 5 rings (SSSR count). The summed E-state index contributed by atoms with van der Waals surface area (Å²) >= 11 is 6.49. The van der Waals surface area contributed by atoms with Crippen molar-refractivity contribution in [2.24, 2.45) is 0 Å². The fourth-order valence-corrected chi connectivity index (χ4v) is 6.23. The van der Waals surface area contributed by atoms with Crippen LogP contribution in [0.25, 0.3) is 10.9 Å². The number of carbonyl (C=O) groups excluding carboxylic acids is 3. The van der Waals surface area contributed by atoms with Gasteiger partial charge in [-0.15, -0.1) is 0 Å². The standard InChI is InChI=1S/C28H29ClF3N5O3/c1-28(8-11-35(12-9-28)27(40)17-4-6-20-18(13-17)14-33-34-20)24-21(7-5-19(30)25(24)29)36(16-38)15-23(39)37-10-2-3-22(37)26(31)32/h4-7,13-14,16,22,26H,2-3,8-12,15H2,1H3,(H,33,34). The summed E-state index contributed by atoms with van der Waals surface area (Å²) in [5.41, 5.74) is 1.21. The fraction of sp³-hybridized carbons (Fsp3) is 0.429. The van der Waals surface area contributed by atoms with Gasteiger partial charge in [0.25, 0.3) is 12.3 Å². The highest BCUT2D eigenvalue weighted by Crippen LogP contribution is 2.45. The van der Waals surface area contributed by atoms with E-state index in [1.54, 1.807) is 29.3 Å². The molecule has 0 aliphatic carbocycles. The topological polar surface area (TPSA) is 89.6 Å². The van der Waals surface area contributed by atoms with Crippen molar-refractivity contribution < 1.29 is 27.6 Å². The van der Waals surface area contributed by atoms with Gasteiger partial charge in [0.1, 0.15) is 12.4 Å². The highest BCUT2D eigenvalue weighted by Gasteiger charge is 2.40. The Bertz CT molecular complexity index is 1440. The number of hydrogen-bond donors (Lipinski definition) is 1. The molecule has 12 heteroatoms. The number of rotatable bonds is 7. The maximum Gasteiger partial charge on any atom is 0.258 e. The van der Waals surface area contributed by atoms with Crippen molar-refractivity contribution in [3.8, 4) is 0 Å². The number of aromatic nitrogens is 2. The predicted octanol–water partition coefficient (Wildman–Crippen LogP) is 4.77. The zero-order valence-electron chi connectivity index (χ0n) is 21.9. The number of likely N-dealkylation sites (tertiary alicyclic amines) is 2. The van der Waals surface area contributed by atoms with Crippen LogP contribution in [0.1, 0.15) is 48.5 Å². The van der Waals surface area contributed by atoms with Crippen LogP contribution >= 0.6 is 11.6 Å². The van der Waals surface area contributed by atoms with E-state index in [9.17, 15) is 27.6 Å². The molecule has 3 amide bonds. The molecular formula is C28H29ClF3N5O3. The van der Waals surface area contributed by atoms with Gasteiger partial charge in [-0.1, -0.05) is 18.5 Å². The minimum atomic E-state index is -2.68. The zero-order chi connectivity index (χ0) is 28.6. The van der Waals surface area contributed by atoms with E-state index in [2.05, 4.69) is 10.2 Å². The van der Waals surface area contributed by atoms with Crippen molar-refractivity contribution in [2.45, 2.75) is 50.5 Å². The Morgan fingerprint density at radius 1 is 1.23 bits per heavy atom. The molecule has 2 fully saturated rings. The monoisotopic (exact) mass is 575 g/mol. The number of halogens is 4. The van der Waals surface area contributed by atoms with E-state index in [4.69, 9.17) is 11.6 Å². The van der Waals surface area contributed by atoms with Crippen LogP contribution in [0.3, 0.4) is 0 Å². The lowest BCUT2D eigenvalue weighted by Crippen LogP contribution is -2.46. The second-order valence-corrected chi connectivity index (χ2v) is 11.0. The normalized spacial score (nSPS) is 18.9. The minimum absolute atomic E-state index is 0.143. The summed E-state index contributed by atoms with van der Waals surface area (Å²) in [4.78, 5) is 42.3. The van der Waals surface area contributed by atoms with E-state index in [1.807, 2.05) is 6.92 Å². The highest BCUT2D eigenvalue weighted by atomic mass is 35.5. The molecular weight excluding hydrogens is 547 g/mol. The number of hydrogen-bond acceptors (Lipinski definition) is 4. The molecule has 2 aliphatic rings. The molecule has 1 atom stereocenters. The Hall–Kier alpha value is -3.60. The highest BCUT2D eigenvalue weighted by molar-refractivity contribution is 6.32. The summed E-state index contributed by atoms with van der Waals surface area (Å²) in [6, 6.07) is 6.61. The number of carbonyl (C=O) groups is 3. The fourth-order valence-electron chi connectivity index (χ4n) is 5.85. The molecule has 1 aromatic heterocycles. The summed E-state index contributed by atoms with van der Waals surface area (Å²) in [6.45, 7) is 2.31. The Labute approximate surface area is 234 Å². The molecule has 1 unspecified atom stereocenters. The maximum absolute atomic E-state index is 14.8. The number of benzene rings is 2. The summed E-state index contributed by atoms with van der Waals surface area (Å²) < 4.78 is 41.6. The van der Waals surface area contributed by atoms with E-state index in [-0.39, 0.29) is 29.6 Å². The van der Waals surface area contributed by atoms with Crippen molar-refractivity contribution in [3.63, 3.8) is 0 Å². The summed E-state index contributed by atoms with van der Waals surface area (Å²) in [7, 11) is 0. The molecule has 3 aromatic rings. The van der Waals surface area contributed by atoms with Gasteiger partial charge < -0.3 is 14.7 Å². The van der Waals surface area contributed by atoms with Crippen LogP contribution in [0.15, 0.2) is 36.5 Å². The molecule has 212 valence electrons. The number of fused-ring (bicyclic) bond motifs is 1. The SMILES string of the molecule is CC1(c2c(N(C=O)CC(=O)N3CCCC3C(F)F)ccc(F)c2Cl)CCN(C(=O)c2ccc3[nH]ncc3c2)CC1. The second-order valence-electron chi connectivity index (χ2n) is 10.6. The van der Waals surface area contributed by atoms with Crippen LogP contribution in [0.2, 0.25) is 5.02 Å². The van der Waals surface area contributed by atoms with Crippen molar-refractivity contribution in [1.29, 1.82) is 0 Å². The lowest BCUT2D eigenvalue weighted by atomic mass is 9.73. The number of anilines is 1. The number of nitrogens with zero attached hydrogens (tertiary/aromatic N) is 4. The van der Waals surface area contributed by atoms with Crippen molar-refractivity contribution in [3.05, 3.63) is 58.5 Å². The van der Waals surface area contributed by atoms with Crippen LogP contribution in [0.5, 0.6) is 0 Å². The maximum atomic E-state index is 14.8.